The smallest absolute Gasteiger partial charge is 0.305 e. The van der Waals surface area contributed by atoms with Gasteiger partial charge >= 0.3 is 5.97 Å². The topological polar surface area (TPSA) is 127 Å². The third-order valence-electron chi connectivity index (χ3n) is 7.58. The lowest BCUT2D eigenvalue weighted by Gasteiger charge is -2.46. The Morgan fingerprint density at radius 1 is 1.25 bits per heavy atom. The van der Waals surface area contributed by atoms with Gasteiger partial charge in [0.2, 0.25) is 0 Å². The van der Waals surface area contributed by atoms with Gasteiger partial charge in [-0.25, -0.2) is 15.0 Å². The van der Waals surface area contributed by atoms with E-state index in [0.29, 0.717) is 48.0 Å². The Morgan fingerprint density at radius 3 is 2.72 bits per heavy atom. The van der Waals surface area contributed by atoms with Crippen molar-refractivity contribution in [1.82, 2.24) is 24.4 Å². The Balaban J connectivity index is 1.29. The number of carbonyl (C=O) groups is 1. The highest BCUT2D eigenvalue weighted by Crippen LogP contribution is 2.45. The quantitative estimate of drug-likeness (QED) is 0.511. The number of ether oxygens (including phenoxy) is 4. The zero-order valence-electron chi connectivity index (χ0n) is 21.8. The van der Waals surface area contributed by atoms with Crippen LogP contribution in [0.3, 0.4) is 0 Å². The molecule has 1 aliphatic carbocycles. The number of anilines is 1. The first-order chi connectivity index (χ1) is 17.2. The van der Waals surface area contributed by atoms with Crippen molar-refractivity contribution in [3.8, 4) is 0 Å². The molecule has 36 heavy (non-hydrogen) atoms. The van der Waals surface area contributed by atoms with Crippen molar-refractivity contribution >= 4 is 23.0 Å². The van der Waals surface area contributed by atoms with Gasteiger partial charge in [0.1, 0.15) is 30.2 Å². The van der Waals surface area contributed by atoms with Gasteiger partial charge in [-0.05, 0) is 59.8 Å². The molecular weight excluding hydrogens is 464 g/mol. The zero-order valence-corrected chi connectivity index (χ0v) is 21.8. The van der Waals surface area contributed by atoms with Crippen LogP contribution in [-0.4, -0.2) is 79.7 Å². The molecule has 2 N–H and O–H groups in total. The van der Waals surface area contributed by atoms with E-state index in [-0.39, 0.29) is 24.3 Å². The largest absolute Gasteiger partial charge is 0.466 e. The van der Waals surface area contributed by atoms with Gasteiger partial charge < -0.3 is 24.7 Å². The summed E-state index contributed by atoms with van der Waals surface area (Å²) in [4.78, 5) is 27.1. The standard InChI is InChI=1S/C25H38N6O5/c1-6-33-18(32)8-7-15-9-16(10-15)30(14(2)3)11-17-20-21(36-25(4,5)35-20)24(34-17)31-13-29-19-22(26)27-12-28-23(19)31/h12-17,20-21,24H,6-11H2,1-5H3,(H2,26,27,28)/t15?,16?,17-,20-,21-,24-/m1/s1. The lowest BCUT2D eigenvalue weighted by molar-refractivity contribution is -0.199. The van der Waals surface area contributed by atoms with Gasteiger partial charge in [0.25, 0.3) is 0 Å². The highest BCUT2D eigenvalue weighted by molar-refractivity contribution is 5.81. The van der Waals surface area contributed by atoms with E-state index in [1.54, 1.807) is 6.33 Å². The molecule has 11 nitrogen and oxygen atoms in total. The molecule has 11 heteroatoms. The normalized spacial score (nSPS) is 31.2. The molecule has 0 radical (unpaired) electrons. The average molecular weight is 503 g/mol. The van der Waals surface area contributed by atoms with Crippen LogP contribution >= 0.6 is 0 Å². The van der Waals surface area contributed by atoms with Gasteiger partial charge in [-0.1, -0.05) is 0 Å². The van der Waals surface area contributed by atoms with E-state index in [2.05, 4.69) is 33.7 Å². The maximum Gasteiger partial charge on any atom is 0.305 e. The van der Waals surface area contributed by atoms with Crippen LogP contribution in [0.4, 0.5) is 5.82 Å². The van der Waals surface area contributed by atoms with Gasteiger partial charge in [-0.15, -0.1) is 0 Å². The van der Waals surface area contributed by atoms with Gasteiger partial charge in [0, 0.05) is 25.0 Å². The molecule has 3 aliphatic rings. The molecular formula is C25H38N6O5. The van der Waals surface area contributed by atoms with Crippen LogP contribution in [0.25, 0.3) is 11.2 Å². The molecule has 2 aromatic rings. The van der Waals surface area contributed by atoms with E-state index in [0.717, 1.165) is 25.8 Å². The minimum absolute atomic E-state index is 0.0989. The maximum atomic E-state index is 11.7. The summed E-state index contributed by atoms with van der Waals surface area (Å²) in [6.45, 7) is 11.3. The molecule has 0 amide bonds. The van der Waals surface area contributed by atoms with Crippen LogP contribution in [0.1, 0.15) is 66.5 Å². The van der Waals surface area contributed by atoms with Crippen molar-refractivity contribution in [3.63, 3.8) is 0 Å². The number of imidazole rings is 1. The Kier molecular flexibility index (Phi) is 6.92. The molecule has 1 saturated carbocycles. The second kappa shape index (κ2) is 9.85. The van der Waals surface area contributed by atoms with E-state index in [4.69, 9.17) is 24.7 Å². The second-order valence-corrected chi connectivity index (χ2v) is 10.8. The van der Waals surface area contributed by atoms with Crippen molar-refractivity contribution in [2.45, 2.75) is 103 Å². The number of hydrogen-bond donors (Lipinski definition) is 1. The number of rotatable bonds is 9. The molecule has 198 valence electrons. The molecule has 3 fully saturated rings. The molecule has 4 heterocycles. The van der Waals surface area contributed by atoms with Crippen molar-refractivity contribution < 1.29 is 23.7 Å². The van der Waals surface area contributed by atoms with Crippen LogP contribution in [0.15, 0.2) is 12.7 Å². The van der Waals surface area contributed by atoms with Crippen molar-refractivity contribution in [2.75, 3.05) is 18.9 Å². The number of nitrogen functional groups attached to an aromatic ring is 1. The predicted octanol–water partition coefficient (Wildman–Crippen LogP) is 2.66. The average Bonchev–Trinajstić information content (AvgIpc) is 3.43. The van der Waals surface area contributed by atoms with Crippen LogP contribution in [-0.2, 0) is 23.7 Å². The van der Waals surface area contributed by atoms with E-state index in [9.17, 15) is 4.79 Å². The summed E-state index contributed by atoms with van der Waals surface area (Å²) < 4.78 is 26.2. The second-order valence-electron chi connectivity index (χ2n) is 10.8. The number of fused-ring (bicyclic) bond motifs is 2. The fourth-order valence-electron chi connectivity index (χ4n) is 5.84. The number of nitrogens with two attached hydrogens (primary N) is 1. The van der Waals surface area contributed by atoms with Gasteiger partial charge in [-0.3, -0.25) is 14.3 Å². The van der Waals surface area contributed by atoms with Crippen LogP contribution in [0.5, 0.6) is 0 Å². The molecule has 0 aromatic carbocycles. The minimum Gasteiger partial charge on any atom is -0.466 e. The van der Waals surface area contributed by atoms with Crippen molar-refractivity contribution in [1.29, 1.82) is 0 Å². The lowest BCUT2D eigenvalue weighted by atomic mass is 9.76. The summed E-state index contributed by atoms with van der Waals surface area (Å²) in [7, 11) is 0. The fourth-order valence-corrected chi connectivity index (χ4v) is 5.84. The molecule has 4 atom stereocenters. The number of hydrogen-bond acceptors (Lipinski definition) is 10. The first kappa shape index (κ1) is 25.3. The molecule has 2 aromatic heterocycles. The summed E-state index contributed by atoms with van der Waals surface area (Å²) in [6.07, 6.45) is 5.52. The number of esters is 1. The zero-order chi connectivity index (χ0) is 25.6. The van der Waals surface area contributed by atoms with Crippen molar-refractivity contribution in [3.05, 3.63) is 12.7 Å². The number of nitrogens with zero attached hydrogens (tertiary/aromatic N) is 5. The van der Waals surface area contributed by atoms with Crippen LogP contribution in [0, 0.1) is 5.92 Å². The Bertz CT molecular complexity index is 1080. The lowest BCUT2D eigenvalue weighted by Crippen LogP contribution is -2.52. The minimum atomic E-state index is -0.711. The Morgan fingerprint density at radius 2 is 2.00 bits per heavy atom. The first-order valence-electron chi connectivity index (χ1n) is 13.0. The monoisotopic (exact) mass is 502 g/mol. The SMILES string of the molecule is CCOC(=O)CCC1CC(N(C[C@H]2O[C@@H](n3cnc4c(N)ncnc43)[C@@H]3OC(C)(C)O[C@@H]32)C(C)C)C1. The third kappa shape index (κ3) is 4.81. The fraction of sp³-hybridized carbons (Fsp3) is 0.760. The van der Waals surface area contributed by atoms with Crippen LogP contribution in [0.2, 0.25) is 0 Å². The molecule has 2 saturated heterocycles. The predicted molar refractivity (Wildman–Crippen MR) is 132 cm³/mol. The molecule has 5 rings (SSSR count). The Labute approximate surface area is 211 Å². The summed E-state index contributed by atoms with van der Waals surface area (Å²) in [5.41, 5.74) is 7.17. The van der Waals surface area contributed by atoms with E-state index in [1.165, 1.54) is 6.33 Å². The highest BCUT2D eigenvalue weighted by atomic mass is 16.8. The highest BCUT2D eigenvalue weighted by Gasteiger charge is 2.56. The molecule has 2 aliphatic heterocycles. The maximum absolute atomic E-state index is 11.7. The first-order valence-corrected chi connectivity index (χ1v) is 13.0. The van der Waals surface area contributed by atoms with Gasteiger partial charge in [0.15, 0.2) is 23.5 Å². The van der Waals surface area contributed by atoms with Crippen LogP contribution < -0.4 is 5.73 Å². The van der Waals surface area contributed by atoms with E-state index < -0.39 is 12.0 Å². The Hall–Kier alpha value is -2.34. The van der Waals surface area contributed by atoms with Gasteiger partial charge in [0.05, 0.1) is 12.9 Å². The van der Waals surface area contributed by atoms with E-state index >= 15 is 0 Å². The number of carbonyl (C=O) groups excluding carboxylic acids is 1. The third-order valence-corrected chi connectivity index (χ3v) is 7.58. The van der Waals surface area contributed by atoms with E-state index in [1.807, 2.05) is 25.3 Å². The summed E-state index contributed by atoms with van der Waals surface area (Å²) >= 11 is 0. The molecule has 0 unspecified atom stereocenters. The molecule has 0 bridgehead atoms. The number of aromatic nitrogens is 4. The summed E-state index contributed by atoms with van der Waals surface area (Å²) in [5, 5.41) is 0. The summed E-state index contributed by atoms with van der Waals surface area (Å²) in [6, 6.07) is 0.800. The summed E-state index contributed by atoms with van der Waals surface area (Å²) in [5.74, 6) is 0.0793. The van der Waals surface area contributed by atoms with Gasteiger partial charge in [-0.2, -0.15) is 0 Å². The molecule has 0 spiro atoms. The van der Waals surface area contributed by atoms with Crippen molar-refractivity contribution in [2.24, 2.45) is 5.92 Å².